The van der Waals surface area contributed by atoms with Crippen LogP contribution in [-0.4, -0.2) is 180 Å². The van der Waals surface area contributed by atoms with E-state index in [2.05, 4.69) is 44.5 Å². The number of amides is 6. The molecule has 0 radical (unpaired) electrons. The predicted octanol–water partition coefficient (Wildman–Crippen LogP) is 2.72. The summed E-state index contributed by atoms with van der Waals surface area (Å²) < 4.78 is 0. The van der Waals surface area contributed by atoms with Gasteiger partial charge in [0.1, 0.15) is 35.7 Å². The van der Waals surface area contributed by atoms with Crippen molar-refractivity contribution >= 4 is 100 Å². The predicted molar refractivity (Wildman–Crippen MR) is 331 cm³/mol. The fourth-order valence-electron chi connectivity index (χ4n) is 9.91. The van der Waals surface area contributed by atoms with Gasteiger partial charge in [-0.05, 0) is 98.2 Å². The fourth-order valence-corrected chi connectivity index (χ4v) is 10.0. The molecule has 0 aliphatic rings. The molecule has 0 aliphatic heterocycles. The number of Topliss-reactive ketones (excluding diaryl/α,β-unsaturated/α-hetero) is 4. The van der Waals surface area contributed by atoms with Crippen LogP contribution in [0.4, 0.5) is 4.79 Å². The lowest BCUT2D eigenvalue weighted by Gasteiger charge is -2.25. The minimum absolute atomic E-state index is 0.0174. The molecule has 0 saturated carbocycles. The number of aromatic hydroxyl groups is 1. The lowest BCUT2D eigenvalue weighted by molar-refractivity contribution is -0.144. The van der Waals surface area contributed by atoms with Gasteiger partial charge in [-0.2, -0.15) is 12.6 Å². The first kappa shape index (κ1) is 76.9. The number of urea groups is 1. The van der Waals surface area contributed by atoms with Crippen LogP contribution in [0.5, 0.6) is 5.75 Å². The number of unbranched alkanes of at least 4 members (excludes halogenated alkanes) is 6. The summed E-state index contributed by atoms with van der Waals surface area (Å²) in [5.41, 5.74) is 1.09. The van der Waals surface area contributed by atoms with Gasteiger partial charge in [-0.3, -0.25) is 47.9 Å². The van der Waals surface area contributed by atoms with Crippen LogP contribution in [0.1, 0.15) is 133 Å². The topological polar surface area (TPSA) is 456 Å². The summed E-state index contributed by atoms with van der Waals surface area (Å²) in [5, 5.41) is 93.9. The molecule has 0 aliphatic carbocycles. The zero-order chi connectivity index (χ0) is 67.4. The Labute approximate surface area is 531 Å². The molecule has 0 aromatic heterocycles. The Balaban J connectivity index is 1.55. The van der Waals surface area contributed by atoms with Crippen LogP contribution in [0.15, 0.2) is 66.7 Å². The number of carboxylic acids is 4. The molecule has 3 rings (SSSR count). The van der Waals surface area contributed by atoms with E-state index >= 15 is 0 Å². The first-order valence-corrected chi connectivity index (χ1v) is 30.9. The average molecular weight is 1300 g/mol. The number of fused-ring (bicyclic) bond motifs is 1. The molecule has 91 heavy (non-hydrogen) atoms. The van der Waals surface area contributed by atoms with Crippen molar-refractivity contribution < 1.29 is 103 Å². The van der Waals surface area contributed by atoms with Gasteiger partial charge >= 0.3 is 29.9 Å². The second-order valence-electron chi connectivity index (χ2n) is 22.4. The molecule has 0 bridgehead atoms. The summed E-state index contributed by atoms with van der Waals surface area (Å²) in [7, 11) is 0. The minimum Gasteiger partial charge on any atom is -0.508 e. The number of aliphatic hydroxyl groups excluding tert-OH is 3. The molecule has 3 aromatic carbocycles. The molecular weight excluding hydrogens is 1210 g/mol. The van der Waals surface area contributed by atoms with Crippen molar-refractivity contribution in [3.05, 3.63) is 77.9 Å². The minimum atomic E-state index is -1.66. The summed E-state index contributed by atoms with van der Waals surface area (Å²) in [6.45, 7) is -2.46. The number of hydrogen-bond acceptors (Lipinski definition) is 18. The number of phenols is 1. The normalized spacial score (nSPS) is 13.8. The van der Waals surface area contributed by atoms with Gasteiger partial charge in [0.25, 0.3) is 0 Å². The Morgan fingerprint density at radius 2 is 0.945 bits per heavy atom. The van der Waals surface area contributed by atoms with Crippen molar-refractivity contribution in [2.75, 3.05) is 32.1 Å². The second kappa shape index (κ2) is 41.9. The van der Waals surface area contributed by atoms with E-state index in [1.807, 2.05) is 36.4 Å². The van der Waals surface area contributed by atoms with Gasteiger partial charge in [-0.15, -0.1) is 0 Å². The van der Waals surface area contributed by atoms with E-state index in [0.717, 1.165) is 10.8 Å². The van der Waals surface area contributed by atoms with E-state index in [1.54, 1.807) is 6.07 Å². The Morgan fingerprint density at radius 3 is 1.53 bits per heavy atom. The summed E-state index contributed by atoms with van der Waals surface area (Å²) >= 11 is 3.82. The highest BCUT2D eigenvalue weighted by Gasteiger charge is 2.35. The fraction of sp³-hybridized carbons (Fsp3) is 0.540. The van der Waals surface area contributed by atoms with Crippen molar-refractivity contribution in [1.82, 2.24) is 31.9 Å². The number of ketones is 4. The maximum atomic E-state index is 14.5. The molecule has 500 valence electrons. The zero-order valence-electron chi connectivity index (χ0n) is 50.7. The second-order valence-corrected chi connectivity index (χ2v) is 22.7. The van der Waals surface area contributed by atoms with Crippen LogP contribution in [0.25, 0.3) is 10.8 Å². The molecule has 0 heterocycles. The van der Waals surface area contributed by atoms with Gasteiger partial charge in [0.15, 0.2) is 17.3 Å². The van der Waals surface area contributed by atoms with E-state index in [0.29, 0.717) is 75.3 Å². The van der Waals surface area contributed by atoms with Crippen molar-refractivity contribution in [3.63, 3.8) is 0 Å². The van der Waals surface area contributed by atoms with Gasteiger partial charge in [0, 0.05) is 57.4 Å². The number of aliphatic carboxylic acids is 4. The van der Waals surface area contributed by atoms with Crippen LogP contribution < -0.4 is 31.9 Å². The van der Waals surface area contributed by atoms with E-state index in [-0.39, 0.29) is 68.3 Å². The van der Waals surface area contributed by atoms with Crippen LogP contribution >= 0.6 is 12.6 Å². The average Bonchev–Trinajstić information content (AvgIpc) is 1.04. The number of carbonyl (C=O) groups is 13. The Bertz CT molecular complexity index is 2950. The summed E-state index contributed by atoms with van der Waals surface area (Å²) in [4.78, 5) is 165. The molecule has 28 heteroatoms. The third-order valence-electron chi connectivity index (χ3n) is 15.2. The van der Waals surface area contributed by atoms with Crippen LogP contribution in [0, 0.1) is 17.8 Å². The third-order valence-corrected chi connectivity index (χ3v) is 15.5. The summed E-state index contributed by atoms with van der Waals surface area (Å²) in [6.07, 6.45) is 2.40. The standard InChI is InChI=1S/C63H86N6O21S/c70-34-44(33-54(77)50(35-71)65-56(79)37-91)59(83)67-51(36-72)53(76)32-43(28-38-20-23-46(74)24-21-38)58(82)66-49(30-39-19-22-40-12-8-9-13-41(40)29-39)52(75)31-42(60(84)85)14-4-3-6-16-45(73)15-5-1-2-7-18-55(78)64-27-11-10-17-47(61(86)87)68-63(90)69-48(62(88)89)25-26-57(80)81/h8-9,12-13,19-24,29,42-44,47-51,70-72,74,91H,1-7,10-11,14-18,25-28,30-37H2,(H,64,78)(H,65,79)(H,66,82)(H,67,83)(H,80,81)(H,84,85)(H,86,87)(H,88,89)(H2,68,69,90)/t42-,43-,44-,47-,48-,49+,50-,51-/m0/s1. The highest BCUT2D eigenvalue weighted by Crippen LogP contribution is 2.23. The molecule has 8 atom stereocenters. The SMILES string of the molecule is O=C(O)CC[C@H](NC(=O)N[C@@H](CCCCNC(=O)CCCCCCC(=O)CCCCC[C@@H](CC(=O)[C@@H](Cc1ccc2ccccc2c1)NC(=O)[C@H](CC(=O)[C@H](CO)NC(=O)[C@H](CO)CC(=O)[C@H](CO)NC(=O)CS)Cc1ccc(O)cc1)C(=O)O)C(=O)O)C(=O)O. The Hall–Kier alpha value is -8.34. The lowest BCUT2D eigenvalue weighted by Crippen LogP contribution is -2.51. The Kier molecular flexibility index (Phi) is 35.4. The quantitative estimate of drug-likeness (QED) is 0.0285. The Morgan fingerprint density at radius 1 is 0.429 bits per heavy atom. The summed E-state index contributed by atoms with van der Waals surface area (Å²) in [6, 6.07) is 10.2. The van der Waals surface area contributed by atoms with Gasteiger partial charge in [-0.1, -0.05) is 80.3 Å². The van der Waals surface area contributed by atoms with Crippen LogP contribution in [0.3, 0.4) is 0 Å². The molecule has 0 saturated heterocycles. The highest BCUT2D eigenvalue weighted by atomic mass is 32.1. The third kappa shape index (κ3) is 29.9. The van der Waals surface area contributed by atoms with E-state index < -0.39 is 165 Å². The smallest absolute Gasteiger partial charge is 0.326 e. The molecule has 27 nitrogen and oxygen atoms in total. The number of nitrogens with one attached hydrogen (secondary N) is 6. The van der Waals surface area contributed by atoms with E-state index in [9.17, 15) is 98.1 Å². The monoisotopic (exact) mass is 1290 g/mol. The van der Waals surface area contributed by atoms with Crippen LogP contribution in [-0.2, 0) is 70.4 Å². The highest BCUT2D eigenvalue weighted by molar-refractivity contribution is 7.81. The van der Waals surface area contributed by atoms with Crippen molar-refractivity contribution in [1.29, 1.82) is 0 Å². The van der Waals surface area contributed by atoms with Crippen molar-refractivity contribution in [2.45, 2.75) is 165 Å². The van der Waals surface area contributed by atoms with Gasteiger partial charge in [0.2, 0.25) is 23.6 Å². The van der Waals surface area contributed by atoms with Gasteiger partial charge in [0.05, 0.1) is 43.5 Å². The maximum absolute atomic E-state index is 14.5. The first-order chi connectivity index (χ1) is 43.4. The molecule has 0 spiro atoms. The largest absolute Gasteiger partial charge is 0.508 e. The zero-order valence-corrected chi connectivity index (χ0v) is 51.6. The number of phenolic OH excluding ortho intramolecular Hbond substituents is 1. The molecule has 0 fully saturated rings. The molecule has 0 unspecified atom stereocenters. The lowest BCUT2D eigenvalue weighted by atomic mass is 9.88. The number of carboxylic acid groups (broad SMARTS) is 4. The van der Waals surface area contributed by atoms with Gasteiger partial charge < -0.3 is 72.8 Å². The number of benzene rings is 3. The molecular formula is C63H86N6O21S. The van der Waals surface area contributed by atoms with E-state index in [4.69, 9.17) is 5.11 Å². The first-order valence-electron chi connectivity index (χ1n) is 30.3. The van der Waals surface area contributed by atoms with E-state index in [1.165, 1.54) is 24.3 Å². The van der Waals surface area contributed by atoms with Gasteiger partial charge in [-0.25, -0.2) is 14.4 Å². The molecule has 3 aromatic rings. The number of aliphatic hydroxyl groups is 3. The molecule has 14 N–H and O–H groups in total. The van der Waals surface area contributed by atoms with Crippen LogP contribution in [0.2, 0.25) is 0 Å². The van der Waals surface area contributed by atoms with Crippen molar-refractivity contribution in [2.24, 2.45) is 17.8 Å². The number of carbonyl (C=O) groups excluding carboxylic acids is 9. The molecule has 6 amide bonds. The summed E-state index contributed by atoms with van der Waals surface area (Å²) in [5.74, 6) is -14.7. The number of hydrogen-bond donors (Lipinski definition) is 15. The van der Waals surface area contributed by atoms with Crippen molar-refractivity contribution in [3.8, 4) is 5.75 Å². The number of thiol groups is 1. The maximum Gasteiger partial charge on any atom is 0.326 e. The number of rotatable bonds is 48.